The Morgan fingerprint density at radius 1 is 1.12 bits per heavy atom. The van der Waals surface area contributed by atoms with Gasteiger partial charge in [0.15, 0.2) is 11.0 Å². The molecule has 0 bridgehead atoms. The maximum atomic E-state index is 13.0. The summed E-state index contributed by atoms with van der Waals surface area (Å²) in [6, 6.07) is 15.7. The molecule has 5 aromatic rings. The number of nitrogens with zero attached hydrogens (tertiary/aromatic N) is 4. The van der Waals surface area contributed by atoms with Crippen molar-refractivity contribution in [1.29, 1.82) is 0 Å². The van der Waals surface area contributed by atoms with Gasteiger partial charge in [0.25, 0.3) is 0 Å². The van der Waals surface area contributed by atoms with Crippen molar-refractivity contribution in [3.63, 3.8) is 0 Å². The minimum atomic E-state index is -4.53. The van der Waals surface area contributed by atoms with E-state index in [-0.39, 0.29) is 10.0 Å². The van der Waals surface area contributed by atoms with Crippen molar-refractivity contribution in [2.75, 3.05) is 0 Å². The van der Waals surface area contributed by atoms with Gasteiger partial charge in [-0.3, -0.25) is 9.51 Å². The number of fused-ring (bicyclic) bond motifs is 1. The molecule has 0 atom stereocenters. The van der Waals surface area contributed by atoms with E-state index in [0.29, 0.717) is 23.1 Å². The topological polar surface area (TPSA) is 89.6 Å². The summed E-state index contributed by atoms with van der Waals surface area (Å²) in [5, 5.41) is 4.31. The Kier molecular flexibility index (Phi) is 5.66. The number of nitrogens with one attached hydrogen (secondary N) is 1. The predicted molar refractivity (Wildman–Crippen MR) is 120 cm³/mol. The Balaban J connectivity index is 1.48. The summed E-state index contributed by atoms with van der Waals surface area (Å²) in [5.74, 6) is -0.315. The van der Waals surface area contributed by atoms with Crippen LogP contribution in [0.1, 0.15) is 11.1 Å². The molecule has 3 heterocycles. The highest BCUT2D eigenvalue weighted by molar-refractivity contribution is 7.99. The summed E-state index contributed by atoms with van der Waals surface area (Å²) in [7, 11) is 0. The van der Waals surface area contributed by atoms with E-state index in [4.69, 9.17) is 11.6 Å². The average Bonchev–Trinajstić information content (AvgIpc) is 3.39. The molecular formula is C22H13ClF3N5O2S. The highest BCUT2D eigenvalue weighted by Gasteiger charge is 2.31. The molecule has 7 nitrogen and oxygen atoms in total. The summed E-state index contributed by atoms with van der Waals surface area (Å²) in [5.41, 5.74) is 2.26. The van der Waals surface area contributed by atoms with Gasteiger partial charge in [-0.05, 0) is 35.5 Å². The second-order valence-corrected chi connectivity index (χ2v) is 8.58. The number of halogens is 4. The first-order chi connectivity index (χ1) is 16.3. The van der Waals surface area contributed by atoms with Crippen molar-refractivity contribution in [3.8, 4) is 11.4 Å². The number of rotatable bonds is 5. The lowest BCUT2D eigenvalue weighted by Crippen LogP contribution is -2.06. The first-order valence-electron chi connectivity index (χ1n) is 9.79. The van der Waals surface area contributed by atoms with E-state index in [1.54, 1.807) is 12.1 Å². The van der Waals surface area contributed by atoms with Gasteiger partial charge in [-0.1, -0.05) is 53.2 Å². The van der Waals surface area contributed by atoms with Crippen molar-refractivity contribution in [2.24, 2.45) is 0 Å². The van der Waals surface area contributed by atoms with Crippen LogP contribution in [-0.4, -0.2) is 24.7 Å². The maximum absolute atomic E-state index is 13.0. The molecule has 2 aromatic carbocycles. The second kappa shape index (κ2) is 8.65. The summed E-state index contributed by atoms with van der Waals surface area (Å²) in [6.07, 6.45) is -3.77. The van der Waals surface area contributed by atoms with Crippen molar-refractivity contribution >= 4 is 34.4 Å². The molecule has 0 amide bonds. The second-order valence-electron chi connectivity index (χ2n) is 7.22. The van der Waals surface area contributed by atoms with Crippen LogP contribution < -0.4 is 5.76 Å². The molecule has 172 valence electrons. The van der Waals surface area contributed by atoms with Crippen LogP contribution in [0.25, 0.3) is 22.4 Å². The third kappa shape index (κ3) is 4.44. The number of pyridine rings is 1. The van der Waals surface area contributed by atoms with Crippen LogP contribution in [-0.2, 0) is 12.7 Å². The number of benzene rings is 2. The predicted octanol–water partition coefficient (Wildman–Crippen LogP) is 5.65. The smallest absolute Gasteiger partial charge is 0.314 e. The molecule has 0 unspecified atom stereocenters. The summed E-state index contributed by atoms with van der Waals surface area (Å²) in [4.78, 5) is 22.2. The standard InChI is InChI=1S/C22H13ClF3N5O2S/c23-15-9-14(22(24,25)26)10-27-19(15)34-20-28-16-3-1-2-4-17(16)31(20)11-12-5-7-13(8-6-12)18-29-21(32)33-30-18/h1-10H,11H2,(H,29,30,32). The fourth-order valence-electron chi connectivity index (χ4n) is 3.33. The molecule has 34 heavy (non-hydrogen) atoms. The zero-order valence-corrected chi connectivity index (χ0v) is 18.6. The van der Waals surface area contributed by atoms with Gasteiger partial charge in [-0.25, -0.2) is 14.8 Å². The third-order valence-corrected chi connectivity index (χ3v) is 6.36. The SMILES string of the molecule is O=c1[nH]c(-c2ccc(Cn3c(Sc4ncc(C(F)(F)F)cc4Cl)nc4ccccc43)cc2)no1. The molecule has 0 saturated carbocycles. The quantitative estimate of drug-likeness (QED) is 0.333. The van der Waals surface area contributed by atoms with Gasteiger partial charge in [-0.2, -0.15) is 13.2 Å². The molecule has 3 aromatic heterocycles. The van der Waals surface area contributed by atoms with Gasteiger partial charge in [0.1, 0.15) is 5.03 Å². The lowest BCUT2D eigenvalue weighted by Gasteiger charge is -2.11. The first kappa shape index (κ1) is 22.2. The van der Waals surface area contributed by atoms with Crippen LogP contribution in [0.4, 0.5) is 13.2 Å². The van der Waals surface area contributed by atoms with Crippen molar-refractivity contribution < 1.29 is 17.7 Å². The average molecular weight is 504 g/mol. The number of hydrogen-bond acceptors (Lipinski definition) is 6. The van der Waals surface area contributed by atoms with E-state index in [2.05, 4.69) is 24.6 Å². The Bertz CT molecular complexity index is 1540. The zero-order valence-electron chi connectivity index (χ0n) is 17.0. The minimum Gasteiger partial charge on any atom is -0.314 e. The fraction of sp³-hybridized carbons (Fsp3) is 0.0909. The molecule has 0 saturated heterocycles. The van der Waals surface area contributed by atoms with Crippen LogP contribution in [0, 0.1) is 0 Å². The first-order valence-corrected chi connectivity index (χ1v) is 11.0. The summed E-state index contributed by atoms with van der Waals surface area (Å²) < 4.78 is 45.4. The van der Waals surface area contributed by atoms with Gasteiger partial charge < -0.3 is 4.57 Å². The van der Waals surface area contributed by atoms with Crippen LogP contribution in [0.2, 0.25) is 5.02 Å². The Morgan fingerprint density at radius 2 is 1.88 bits per heavy atom. The molecule has 5 rings (SSSR count). The number of aromatic nitrogens is 5. The fourth-order valence-corrected chi connectivity index (χ4v) is 4.46. The van der Waals surface area contributed by atoms with Crippen molar-refractivity contribution in [2.45, 2.75) is 22.9 Å². The lowest BCUT2D eigenvalue weighted by atomic mass is 10.1. The third-order valence-electron chi connectivity index (χ3n) is 4.95. The van der Waals surface area contributed by atoms with Crippen molar-refractivity contribution in [1.82, 2.24) is 24.7 Å². The number of imidazole rings is 1. The molecule has 0 radical (unpaired) electrons. The zero-order chi connectivity index (χ0) is 23.9. The number of para-hydroxylation sites is 2. The Labute approximate surface area is 198 Å². The monoisotopic (exact) mass is 503 g/mol. The van der Waals surface area contributed by atoms with E-state index < -0.39 is 17.5 Å². The van der Waals surface area contributed by atoms with Gasteiger partial charge >= 0.3 is 11.9 Å². The van der Waals surface area contributed by atoms with Crippen molar-refractivity contribution in [3.05, 3.63) is 87.5 Å². The summed E-state index contributed by atoms with van der Waals surface area (Å²) >= 11 is 7.20. The van der Waals surface area contributed by atoms with Gasteiger partial charge in [0, 0.05) is 11.8 Å². The molecule has 0 aliphatic heterocycles. The molecule has 0 spiro atoms. The van der Waals surface area contributed by atoms with Gasteiger partial charge in [0.2, 0.25) is 0 Å². The lowest BCUT2D eigenvalue weighted by molar-refractivity contribution is -0.137. The number of H-pyrrole nitrogens is 1. The molecule has 0 aliphatic rings. The number of hydrogen-bond donors (Lipinski definition) is 1. The largest absolute Gasteiger partial charge is 0.439 e. The van der Waals surface area contributed by atoms with Crippen LogP contribution in [0.3, 0.4) is 0 Å². The van der Waals surface area contributed by atoms with E-state index >= 15 is 0 Å². The Hall–Kier alpha value is -3.57. The molecule has 1 N–H and O–H groups in total. The molecule has 0 aliphatic carbocycles. The van der Waals surface area contributed by atoms with E-state index in [1.165, 1.54) is 0 Å². The number of aromatic amines is 1. The summed E-state index contributed by atoms with van der Waals surface area (Å²) in [6.45, 7) is 0.427. The maximum Gasteiger partial charge on any atom is 0.439 e. The van der Waals surface area contributed by atoms with Crippen LogP contribution >= 0.6 is 23.4 Å². The number of alkyl halides is 3. The molecular weight excluding hydrogens is 491 g/mol. The Morgan fingerprint density at radius 3 is 2.56 bits per heavy atom. The molecule has 12 heteroatoms. The van der Waals surface area contributed by atoms with E-state index in [0.717, 1.165) is 40.6 Å². The highest BCUT2D eigenvalue weighted by Crippen LogP contribution is 2.37. The highest BCUT2D eigenvalue weighted by atomic mass is 35.5. The normalized spacial score (nSPS) is 11.9. The molecule has 0 fully saturated rings. The van der Waals surface area contributed by atoms with Crippen LogP contribution in [0.5, 0.6) is 0 Å². The van der Waals surface area contributed by atoms with Gasteiger partial charge in [-0.15, -0.1) is 0 Å². The minimum absolute atomic E-state index is 0.107. The van der Waals surface area contributed by atoms with E-state index in [1.807, 2.05) is 41.0 Å². The van der Waals surface area contributed by atoms with Gasteiger partial charge in [0.05, 0.1) is 28.2 Å². The van der Waals surface area contributed by atoms with E-state index in [9.17, 15) is 18.0 Å². The van der Waals surface area contributed by atoms with Crippen LogP contribution in [0.15, 0.2) is 80.3 Å².